The standard InChI is InChI=1S/C12H24N2O/c1-9(10-6-4-5-7-10)14-11(15)12(2,3)8-13/h9-10H,4-8,13H2,1-3H3,(H,14,15)/t9-/m1/s1. The zero-order valence-electron chi connectivity index (χ0n) is 10.2. The molecule has 3 N–H and O–H groups in total. The molecule has 0 aliphatic heterocycles. The number of nitrogens with one attached hydrogen (secondary N) is 1. The third-order valence-electron chi connectivity index (χ3n) is 3.59. The molecule has 1 saturated carbocycles. The largest absolute Gasteiger partial charge is 0.353 e. The zero-order chi connectivity index (χ0) is 11.5. The molecule has 0 spiro atoms. The van der Waals surface area contributed by atoms with E-state index in [1.54, 1.807) is 0 Å². The minimum Gasteiger partial charge on any atom is -0.353 e. The summed E-state index contributed by atoms with van der Waals surface area (Å²) < 4.78 is 0. The Morgan fingerprint density at radius 3 is 2.47 bits per heavy atom. The van der Waals surface area contributed by atoms with Crippen LogP contribution >= 0.6 is 0 Å². The van der Waals surface area contributed by atoms with E-state index >= 15 is 0 Å². The number of rotatable bonds is 4. The SMILES string of the molecule is C[C@@H](NC(=O)C(C)(C)CN)C1CCCC1. The van der Waals surface area contributed by atoms with Gasteiger partial charge in [-0.05, 0) is 39.5 Å². The summed E-state index contributed by atoms with van der Waals surface area (Å²) in [7, 11) is 0. The molecular formula is C12H24N2O. The molecular weight excluding hydrogens is 188 g/mol. The fourth-order valence-corrected chi connectivity index (χ4v) is 2.07. The Kier molecular flexibility index (Phi) is 4.14. The van der Waals surface area contributed by atoms with Gasteiger partial charge in [-0.15, -0.1) is 0 Å². The summed E-state index contributed by atoms with van der Waals surface area (Å²) in [5.74, 6) is 0.756. The van der Waals surface area contributed by atoms with Crippen LogP contribution in [0.1, 0.15) is 46.5 Å². The van der Waals surface area contributed by atoms with Crippen molar-refractivity contribution in [1.29, 1.82) is 0 Å². The summed E-state index contributed by atoms with van der Waals surface area (Å²) in [6.45, 7) is 6.30. The van der Waals surface area contributed by atoms with Crippen LogP contribution in [0.25, 0.3) is 0 Å². The minimum absolute atomic E-state index is 0.0874. The van der Waals surface area contributed by atoms with E-state index in [2.05, 4.69) is 12.2 Å². The second kappa shape index (κ2) is 4.97. The first-order valence-electron chi connectivity index (χ1n) is 5.98. The topological polar surface area (TPSA) is 55.1 Å². The second-order valence-electron chi connectivity index (χ2n) is 5.39. The highest BCUT2D eigenvalue weighted by molar-refractivity contribution is 5.82. The Morgan fingerprint density at radius 1 is 1.47 bits per heavy atom. The Bertz CT molecular complexity index is 220. The predicted octanol–water partition coefficient (Wildman–Crippen LogP) is 1.67. The Morgan fingerprint density at radius 2 is 2.00 bits per heavy atom. The fraction of sp³-hybridized carbons (Fsp3) is 0.917. The molecule has 88 valence electrons. The quantitative estimate of drug-likeness (QED) is 0.744. The van der Waals surface area contributed by atoms with Crippen molar-refractivity contribution in [3.05, 3.63) is 0 Å². The zero-order valence-corrected chi connectivity index (χ0v) is 10.2. The molecule has 1 aliphatic rings. The maximum Gasteiger partial charge on any atom is 0.227 e. The number of carbonyl (C=O) groups is 1. The summed E-state index contributed by atoms with van der Waals surface area (Å²) in [5.41, 5.74) is 5.14. The van der Waals surface area contributed by atoms with Crippen molar-refractivity contribution in [1.82, 2.24) is 5.32 Å². The molecule has 0 aromatic rings. The normalized spacial score (nSPS) is 20.3. The van der Waals surface area contributed by atoms with E-state index in [4.69, 9.17) is 5.73 Å². The number of carbonyl (C=O) groups excluding carboxylic acids is 1. The van der Waals surface area contributed by atoms with E-state index in [0.717, 1.165) is 0 Å². The molecule has 15 heavy (non-hydrogen) atoms. The molecule has 1 aliphatic carbocycles. The van der Waals surface area contributed by atoms with Gasteiger partial charge in [0.1, 0.15) is 0 Å². The molecule has 0 unspecified atom stereocenters. The molecule has 0 radical (unpaired) electrons. The maximum atomic E-state index is 11.9. The molecule has 0 aromatic carbocycles. The van der Waals surface area contributed by atoms with Crippen LogP contribution in [0.4, 0.5) is 0 Å². The Hall–Kier alpha value is -0.570. The van der Waals surface area contributed by atoms with Gasteiger partial charge in [-0.3, -0.25) is 4.79 Å². The molecule has 1 rings (SSSR count). The van der Waals surface area contributed by atoms with E-state index in [9.17, 15) is 4.79 Å². The summed E-state index contributed by atoms with van der Waals surface area (Å²) >= 11 is 0. The maximum absolute atomic E-state index is 11.9. The Labute approximate surface area is 92.8 Å². The van der Waals surface area contributed by atoms with Crippen LogP contribution in [0.15, 0.2) is 0 Å². The van der Waals surface area contributed by atoms with Crippen molar-refractivity contribution in [2.45, 2.75) is 52.5 Å². The summed E-state index contributed by atoms with van der Waals surface area (Å²) in [6, 6.07) is 0.297. The molecule has 1 fully saturated rings. The molecule has 1 amide bonds. The van der Waals surface area contributed by atoms with Crippen LogP contribution < -0.4 is 11.1 Å². The van der Waals surface area contributed by atoms with Crippen LogP contribution in [0.3, 0.4) is 0 Å². The van der Waals surface area contributed by atoms with Gasteiger partial charge in [0.15, 0.2) is 0 Å². The van der Waals surface area contributed by atoms with Gasteiger partial charge >= 0.3 is 0 Å². The lowest BCUT2D eigenvalue weighted by Crippen LogP contribution is -2.47. The van der Waals surface area contributed by atoms with Gasteiger partial charge < -0.3 is 11.1 Å². The minimum atomic E-state index is -0.438. The lowest BCUT2D eigenvalue weighted by atomic mass is 9.91. The van der Waals surface area contributed by atoms with Crippen molar-refractivity contribution in [3.8, 4) is 0 Å². The molecule has 1 atom stereocenters. The number of hydrogen-bond acceptors (Lipinski definition) is 2. The fourth-order valence-electron chi connectivity index (χ4n) is 2.07. The second-order valence-corrected chi connectivity index (χ2v) is 5.39. The first-order chi connectivity index (χ1) is 6.97. The van der Waals surface area contributed by atoms with Crippen LogP contribution in [-0.2, 0) is 4.79 Å². The van der Waals surface area contributed by atoms with E-state index in [1.165, 1.54) is 25.7 Å². The van der Waals surface area contributed by atoms with E-state index in [-0.39, 0.29) is 5.91 Å². The van der Waals surface area contributed by atoms with Gasteiger partial charge in [-0.2, -0.15) is 0 Å². The predicted molar refractivity (Wildman–Crippen MR) is 62.4 cm³/mol. The number of hydrogen-bond donors (Lipinski definition) is 2. The van der Waals surface area contributed by atoms with Gasteiger partial charge in [0.25, 0.3) is 0 Å². The monoisotopic (exact) mass is 212 g/mol. The highest BCUT2D eigenvalue weighted by atomic mass is 16.2. The lowest BCUT2D eigenvalue weighted by Gasteiger charge is -2.27. The van der Waals surface area contributed by atoms with E-state index < -0.39 is 5.41 Å². The third-order valence-corrected chi connectivity index (χ3v) is 3.59. The van der Waals surface area contributed by atoms with Crippen molar-refractivity contribution < 1.29 is 4.79 Å². The lowest BCUT2D eigenvalue weighted by molar-refractivity contribution is -0.129. The number of amides is 1. The van der Waals surface area contributed by atoms with Crippen LogP contribution in [0, 0.1) is 11.3 Å². The van der Waals surface area contributed by atoms with Crippen molar-refractivity contribution in [3.63, 3.8) is 0 Å². The molecule has 0 bridgehead atoms. The molecule has 0 saturated heterocycles. The molecule has 3 heteroatoms. The molecule has 0 heterocycles. The summed E-state index contributed by atoms with van der Waals surface area (Å²) in [5, 5.41) is 3.09. The van der Waals surface area contributed by atoms with Gasteiger partial charge in [-0.25, -0.2) is 0 Å². The smallest absolute Gasteiger partial charge is 0.227 e. The first kappa shape index (κ1) is 12.5. The first-order valence-corrected chi connectivity index (χ1v) is 5.98. The van der Waals surface area contributed by atoms with Crippen LogP contribution in [0.2, 0.25) is 0 Å². The highest BCUT2D eigenvalue weighted by Gasteiger charge is 2.29. The van der Waals surface area contributed by atoms with Gasteiger partial charge in [0.05, 0.1) is 5.41 Å². The summed E-state index contributed by atoms with van der Waals surface area (Å²) in [6.07, 6.45) is 5.13. The van der Waals surface area contributed by atoms with E-state index in [0.29, 0.717) is 18.5 Å². The number of nitrogens with two attached hydrogens (primary N) is 1. The summed E-state index contributed by atoms with van der Waals surface area (Å²) in [4.78, 5) is 11.9. The van der Waals surface area contributed by atoms with E-state index in [1.807, 2.05) is 13.8 Å². The average molecular weight is 212 g/mol. The van der Waals surface area contributed by atoms with Crippen molar-refractivity contribution in [2.75, 3.05) is 6.54 Å². The van der Waals surface area contributed by atoms with Crippen LogP contribution in [0.5, 0.6) is 0 Å². The van der Waals surface area contributed by atoms with Crippen LogP contribution in [-0.4, -0.2) is 18.5 Å². The van der Waals surface area contributed by atoms with Crippen molar-refractivity contribution in [2.24, 2.45) is 17.1 Å². The van der Waals surface area contributed by atoms with Gasteiger partial charge in [0, 0.05) is 12.6 Å². The Balaban J connectivity index is 2.43. The van der Waals surface area contributed by atoms with Crippen molar-refractivity contribution >= 4 is 5.91 Å². The average Bonchev–Trinajstić information content (AvgIpc) is 2.70. The van der Waals surface area contributed by atoms with Gasteiger partial charge in [0.2, 0.25) is 5.91 Å². The van der Waals surface area contributed by atoms with Gasteiger partial charge in [-0.1, -0.05) is 12.8 Å². The highest BCUT2D eigenvalue weighted by Crippen LogP contribution is 2.28. The third kappa shape index (κ3) is 3.20. The molecule has 0 aromatic heterocycles. The molecule has 3 nitrogen and oxygen atoms in total.